The standard InChI is InChI=1S/C72H135N3O6S3/c1-4-7-10-13-16-19-22-25-28-31-34-37-40-43-46-49-52-55-58-67(82)79-64-61-73-70(76)74(62-65-80-68(83)59-56-53-50-47-44-41-38-35-32-29-26-23-20-17-14-11-8-5-2)72(78)75(71(73)77)63-66-81-69(84)60-57-54-51-48-45-42-39-36-33-30-27-24-21-18-15-12-9-6-3/h4-66H2,1-3H3. The topological polar surface area (TPSA) is 93.7 Å². The summed E-state index contributed by atoms with van der Waals surface area (Å²) >= 11 is 16.7. The molecule has 0 aromatic carbocycles. The highest BCUT2D eigenvalue weighted by Crippen LogP contribution is 2.19. The second-order valence-electron chi connectivity index (χ2n) is 25.2. The van der Waals surface area contributed by atoms with Gasteiger partial charge in [-0.05, 0) is 55.9 Å². The van der Waals surface area contributed by atoms with Crippen molar-refractivity contribution in [3.05, 3.63) is 31.5 Å². The second kappa shape index (κ2) is 62.7. The molecule has 0 bridgehead atoms. The molecule has 492 valence electrons. The Hall–Kier alpha value is -1.92. The van der Waals surface area contributed by atoms with E-state index >= 15 is 0 Å². The van der Waals surface area contributed by atoms with Crippen LogP contribution in [0.2, 0.25) is 0 Å². The normalized spacial score (nSPS) is 11.5. The number of nitrogens with zero attached hydrogens (tertiary/aromatic N) is 3. The van der Waals surface area contributed by atoms with Gasteiger partial charge >= 0.3 is 17.1 Å². The van der Waals surface area contributed by atoms with E-state index in [1.165, 1.54) is 308 Å². The van der Waals surface area contributed by atoms with Crippen LogP contribution in [0.1, 0.15) is 387 Å². The SMILES string of the molecule is CCCCCCCCCCCCCCCCCCCCC(=S)OCCn1c(=O)n(CCOC(=S)CCCCCCCCCCCCCCCCCCCC)c(=O)n(CCOC(=S)CCCCCCCCCCCCCCCCCCCC)c1=O. The van der Waals surface area contributed by atoms with Crippen molar-refractivity contribution in [2.75, 3.05) is 19.8 Å². The third-order valence-corrected chi connectivity index (χ3v) is 18.3. The smallest absolute Gasteiger partial charge is 0.336 e. The van der Waals surface area contributed by atoms with E-state index in [0.717, 1.165) is 52.2 Å². The maximum absolute atomic E-state index is 13.8. The van der Waals surface area contributed by atoms with Gasteiger partial charge in [-0.3, -0.25) is 0 Å². The molecule has 0 N–H and O–H groups in total. The molecule has 1 aromatic rings. The summed E-state index contributed by atoms with van der Waals surface area (Å²) in [6.45, 7) is 6.94. The van der Waals surface area contributed by atoms with E-state index in [-0.39, 0.29) is 39.5 Å². The third kappa shape index (κ3) is 50.0. The van der Waals surface area contributed by atoms with E-state index in [0.29, 0.717) is 34.4 Å². The maximum atomic E-state index is 13.8. The van der Waals surface area contributed by atoms with Gasteiger partial charge in [0.25, 0.3) is 0 Å². The summed E-state index contributed by atoms with van der Waals surface area (Å²) in [6, 6.07) is 0. The Morgan fingerprint density at radius 1 is 0.238 bits per heavy atom. The van der Waals surface area contributed by atoms with Crippen molar-refractivity contribution < 1.29 is 14.2 Å². The monoisotopic (exact) mass is 1230 g/mol. The number of hydrogen-bond acceptors (Lipinski definition) is 9. The van der Waals surface area contributed by atoms with Crippen LogP contribution in [0.3, 0.4) is 0 Å². The predicted octanol–water partition coefficient (Wildman–Crippen LogP) is 22.5. The molecule has 1 heterocycles. The molecule has 0 atom stereocenters. The minimum absolute atomic E-state index is 0.0333. The molecule has 12 heteroatoms. The predicted molar refractivity (Wildman–Crippen MR) is 375 cm³/mol. The van der Waals surface area contributed by atoms with Gasteiger partial charge in [-0.15, -0.1) is 0 Å². The molecule has 0 saturated heterocycles. The van der Waals surface area contributed by atoms with Crippen molar-refractivity contribution in [2.45, 2.75) is 406 Å². The van der Waals surface area contributed by atoms with Crippen molar-refractivity contribution >= 4 is 51.8 Å². The first-order chi connectivity index (χ1) is 41.3. The molecule has 0 aliphatic carbocycles. The molecule has 0 amide bonds. The average Bonchev–Trinajstić information content (AvgIpc) is 2.67. The Morgan fingerprint density at radius 2 is 0.369 bits per heavy atom. The summed E-state index contributed by atoms with van der Waals surface area (Å²) in [5.41, 5.74) is -2.08. The first-order valence-corrected chi connectivity index (χ1v) is 37.9. The van der Waals surface area contributed by atoms with E-state index in [4.69, 9.17) is 50.9 Å². The van der Waals surface area contributed by atoms with Crippen molar-refractivity contribution in [1.82, 2.24) is 13.7 Å². The number of aromatic nitrogens is 3. The van der Waals surface area contributed by atoms with Crippen LogP contribution in [0.15, 0.2) is 14.4 Å². The summed E-state index contributed by atoms with van der Waals surface area (Å²) in [5.74, 6) is 0. The van der Waals surface area contributed by atoms with Gasteiger partial charge in [0.15, 0.2) is 15.2 Å². The molecule has 1 rings (SSSR count). The highest BCUT2D eigenvalue weighted by atomic mass is 32.1. The van der Waals surface area contributed by atoms with Crippen molar-refractivity contribution in [3.8, 4) is 0 Å². The lowest BCUT2D eigenvalue weighted by molar-refractivity contribution is 0.247. The molecular weight excluding hydrogens is 1100 g/mol. The highest BCUT2D eigenvalue weighted by molar-refractivity contribution is 7.80. The van der Waals surface area contributed by atoms with Crippen LogP contribution >= 0.6 is 36.7 Å². The van der Waals surface area contributed by atoms with Crippen LogP contribution in [0.25, 0.3) is 0 Å². The second-order valence-corrected chi connectivity index (χ2v) is 26.6. The highest BCUT2D eigenvalue weighted by Gasteiger charge is 2.17. The minimum Gasteiger partial charge on any atom is -0.485 e. The average molecular weight is 1240 g/mol. The van der Waals surface area contributed by atoms with Gasteiger partial charge in [0.1, 0.15) is 19.8 Å². The van der Waals surface area contributed by atoms with Gasteiger partial charge in [-0.2, -0.15) is 0 Å². The first-order valence-electron chi connectivity index (χ1n) is 36.7. The molecule has 84 heavy (non-hydrogen) atoms. The Labute approximate surface area is 534 Å². The molecule has 0 saturated carbocycles. The van der Waals surface area contributed by atoms with E-state index in [1.54, 1.807) is 0 Å². The van der Waals surface area contributed by atoms with Crippen molar-refractivity contribution in [3.63, 3.8) is 0 Å². The lowest BCUT2D eigenvalue weighted by atomic mass is 10.0. The van der Waals surface area contributed by atoms with Gasteiger partial charge < -0.3 is 14.2 Å². The fourth-order valence-corrected chi connectivity index (χ4v) is 12.4. The molecule has 0 unspecified atom stereocenters. The van der Waals surface area contributed by atoms with Gasteiger partial charge in [-0.25, -0.2) is 28.1 Å². The number of rotatable bonds is 66. The molecule has 0 spiro atoms. The lowest BCUT2D eigenvalue weighted by Crippen LogP contribution is -2.55. The molecule has 1 aromatic heterocycles. The van der Waals surface area contributed by atoms with Crippen LogP contribution in [-0.4, -0.2) is 48.7 Å². The van der Waals surface area contributed by atoms with Gasteiger partial charge in [0.05, 0.1) is 19.6 Å². The Morgan fingerprint density at radius 3 is 0.512 bits per heavy atom. The van der Waals surface area contributed by atoms with Crippen molar-refractivity contribution in [2.24, 2.45) is 0 Å². The Balaban J connectivity index is 2.51. The summed E-state index contributed by atoms with van der Waals surface area (Å²) in [4.78, 5) is 41.5. The molecule has 9 nitrogen and oxygen atoms in total. The molecule has 0 aliphatic heterocycles. The summed E-state index contributed by atoms with van der Waals surface area (Å²) in [5, 5.41) is 1.46. The maximum Gasteiger partial charge on any atom is 0.336 e. The number of unbranched alkanes of at least 4 members (excludes halogenated alkanes) is 51. The molecule has 0 fully saturated rings. The number of thiocarbonyl (C=S) groups is 3. The largest absolute Gasteiger partial charge is 0.485 e. The number of ether oxygens (including phenoxy) is 3. The zero-order chi connectivity index (χ0) is 60.9. The van der Waals surface area contributed by atoms with Crippen LogP contribution in [-0.2, 0) is 33.8 Å². The van der Waals surface area contributed by atoms with E-state index in [2.05, 4.69) is 20.8 Å². The van der Waals surface area contributed by atoms with Crippen LogP contribution in [0.5, 0.6) is 0 Å². The summed E-state index contributed by atoms with van der Waals surface area (Å²) < 4.78 is 20.9. The van der Waals surface area contributed by atoms with Crippen LogP contribution < -0.4 is 17.1 Å². The fraction of sp³-hybridized carbons (Fsp3) is 0.917. The van der Waals surface area contributed by atoms with E-state index in [1.807, 2.05) is 0 Å². The molecule has 0 aliphatic rings. The fourth-order valence-electron chi connectivity index (χ4n) is 11.7. The number of hydrogen-bond donors (Lipinski definition) is 0. The quantitative estimate of drug-likeness (QED) is 0.0467. The molecular formula is C72H135N3O6S3. The minimum atomic E-state index is -0.692. The lowest BCUT2D eigenvalue weighted by Gasteiger charge is -2.15. The zero-order valence-electron chi connectivity index (χ0n) is 55.6. The zero-order valence-corrected chi connectivity index (χ0v) is 58.0. The van der Waals surface area contributed by atoms with Gasteiger partial charge in [0, 0.05) is 19.3 Å². The van der Waals surface area contributed by atoms with E-state index < -0.39 is 17.1 Å². The first kappa shape index (κ1) is 80.1. The third-order valence-electron chi connectivity index (χ3n) is 17.3. The molecule has 0 radical (unpaired) electrons. The summed E-state index contributed by atoms with van der Waals surface area (Å²) in [7, 11) is 0. The van der Waals surface area contributed by atoms with Gasteiger partial charge in [-0.1, -0.05) is 348 Å². The van der Waals surface area contributed by atoms with Gasteiger partial charge in [0.2, 0.25) is 0 Å². The van der Waals surface area contributed by atoms with Crippen molar-refractivity contribution in [1.29, 1.82) is 0 Å². The van der Waals surface area contributed by atoms with E-state index in [9.17, 15) is 14.4 Å². The Kier molecular flexibility index (Phi) is 59.8. The summed E-state index contributed by atoms with van der Waals surface area (Å²) in [6.07, 6.45) is 73.5. The van der Waals surface area contributed by atoms with Crippen LogP contribution in [0.4, 0.5) is 0 Å². The Bertz CT molecular complexity index is 1600. The van der Waals surface area contributed by atoms with Crippen LogP contribution in [0, 0.1) is 0 Å².